The summed E-state index contributed by atoms with van der Waals surface area (Å²) < 4.78 is 5.00. The number of esters is 1. The molecule has 0 heterocycles. The lowest BCUT2D eigenvalue weighted by Gasteiger charge is -2.09. The molecule has 0 bridgehead atoms. The van der Waals surface area contributed by atoms with Gasteiger partial charge in [0.25, 0.3) is 5.69 Å². The molecule has 0 N–H and O–H groups in total. The highest BCUT2D eigenvalue weighted by Crippen LogP contribution is 2.36. The fourth-order valence-electron chi connectivity index (χ4n) is 2.80. The first-order chi connectivity index (χ1) is 13.8. The summed E-state index contributed by atoms with van der Waals surface area (Å²) in [4.78, 5) is 45.2. The summed E-state index contributed by atoms with van der Waals surface area (Å²) in [6, 6.07) is 1.61. The largest absolute Gasteiger partial charge is 0.415 e. The minimum Gasteiger partial charge on any atom is -0.415 e. The molecule has 0 fully saturated rings. The molecule has 1 rings (SSSR count). The normalized spacial score (nSPS) is 10.8. The van der Waals surface area contributed by atoms with Gasteiger partial charge in [-0.3, -0.25) is 25.0 Å². The Morgan fingerprint density at radius 2 is 1.62 bits per heavy atom. The molecule has 0 amide bonds. The predicted molar refractivity (Wildman–Crippen MR) is 107 cm³/mol. The van der Waals surface area contributed by atoms with E-state index in [0.29, 0.717) is 12.5 Å². The minimum absolute atomic E-state index is 0.0558. The van der Waals surface area contributed by atoms with Crippen LogP contribution in [0.15, 0.2) is 24.3 Å². The summed E-state index contributed by atoms with van der Waals surface area (Å²) in [6.07, 6.45) is 9.28. The van der Waals surface area contributed by atoms with Crippen LogP contribution in [-0.2, 0) is 4.79 Å². The van der Waals surface area contributed by atoms with E-state index >= 15 is 0 Å². The van der Waals surface area contributed by atoms with Crippen LogP contribution in [0.3, 0.4) is 0 Å². The fraction of sp³-hybridized carbons (Fsp3) is 0.500. The number of rotatable bonds is 13. The van der Waals surface area contributed by atoms with Gasteiger partial charge in [0.2, 0.25) is 5.75 Å². The highest BCUT2D eigenvalue weighted by atomic mass is 16.6. The van der Waals surface area contributed by atoms with E-state index in [4.69, 9.17) is 4.74 Å². The Balaban J connectivity index is 3.07. The average Bonchev–Trinajstić information content (AvgIpc) is 2.66. The van der Waals surface area contributed by atoms with Crippen molar-refractivity contribution in [3.8, 4) is 5.75 Å². The summed E-state index contributed by atoms with van der Waals surface area (Å²) in [6.45, 7) is 3.68. The molecule has 29 heavy (non-hydrogen) atoms. The van der Waals surface area contributed by atoms with Gasteiger partial charge in [-0.15, -0.1) is 0 Å². The first-order valence-corrected chi connectivity index (χ1v) is 9.66. The van der Waals surface area contributed by atoms with E-state index in [1.807, 2.05) is 0 Å². The van der Waals surface area contributed by atoms with Crippen LogP contribution < -0.4 is 4.74 Å². The fourth-order valence-corrected chi connectivity index (χ4v) is 2.80. The third-order valence-electron chi connectivity index (χ3n) is 4.27. The third kappa shape index (κ3) is 7.81. The van der Waals surface area contributed by atoms with Crippen LogP contribution in [0, 0.1) is 20.2 Å². The second-order valence-electron chi connectivity index (χ2n) is 6.57. The number of benzene rings is 1. The highest BCUT2D eigenvalue weighted by molar-refractivity contribution is 6.02. The van der Waals surface area contributed by atoms with Gasteiger partial charge in [-0.25, -0.2) is 4.79 Å². The lowest BCUT2D eigenvalue weighted by Crippen LogP contribution is -2.12. The molecule has 1 aromatic carbocycles. The van der Waals surface area contributed by atoms with Crippen LogP contribution in [0.5, 0.6) is 5.75 Å². The van der Waals surface area contributed by atoms with E-state index < -0.39 is 38.7 Å². The number of carbonyl (C=O) groups is 2. The second-order valence-corrected chi connectivity index (χ2v) is 6.57. The van der Waals surface area contributed by atoms with Crippen molar-refractivity contribution in [1.29, 1.82) is 0 Å². The topological polar surface area (TPSA) is 130 Å². The third-order valence-corrected chi connectivity index (χ3v) is 4.27. The quantitative estimate of drug-likeness (QED) is 0.0825. The Bertz CT molecular complexity index is 787. The number of unbranched alkanes of at least 4 members (excludes halogenated alkanes) is 6. The van der Waals surface area contributed by atoms with Crippen LogP contribution in [0.1, 0.15) is 75.6 Å². The molecule has 0 saturated heterocycles. The van der Waals surface area contributed by atoms with E-state index in [-0.39, 0.29) is 12.0 Å². The smallest absolute Gasteiger partial charge is 0.336 e. The Labute approximate surface area is 169 Å². The summed E-state index contributed by atoms with van der Waals surface area (Å²) in [7, 11) is 0. The number of ketones is 1. The van der Waals surface area contributed by atoms with E-state index in [2.05, 4.69) is 6.92 Å². The molecule has 0 radical (unpaired) electrons. The van der Waals surface area contributed by atoms with Gasteiger partial charge in [-0.2, -0.15) is 0 Å². The maximum Gasteiger partial charge on any atom is 0.336 e. The number of allylic oxidation sites excluding steroid dienone is 1. The summed E-state index contributed by atoms with van der Waals surface area (Å²) in [5.74, 6) is -2.00. The average molecular weight is 406 g/mol. The number of non-ortho nitro benzene ring substituents is 1. The van der Waals surface area contributed by atoms with Gasteiger partial charge in [0.1, 0.15) is 0 Å². The Morgan fingerprint density at radius 3 is 2.17 bits per heavy atom. The standard InChI is InChI=1S/C20H26N2O7/c1-3-5-6-7-8-9-10-12-18(23)16-13-15(21(25)26)14-17(22(27)28)20(16)29-19(24)11-4-2/h4,11,13-14H,3,5-10,12H2,1-2H3. The molecular formula is C20H26N2O7. The van der Waals surface area contributed by atoms with Gasteiger partial charge in [0, 0.05) is 18.6 Å². The number of hydrogen-bond acceptors (Lipinski definition) is 7. The molecule has 0 spiro atoms. The number of nitrogens with zero attached hydrogens (tertiary/aromatic N) is 2. The zero-order valence-electron chi connectivity index (χ0n) is 16.7. The first-order valence-electron chi connectivity index (χ1n) is 9.66. The van der Waals surface area contributed by atoms with Gasteiger partial charge < -0.3 is 4.74 Å². The number of Topliss-reactive ketones (excluding diaryl/α,β-unsaturated/α-hetero) is 1. The maximum absolute atomic E-state index is 12.6. The van der Waals surface area contributed by atoms with Gasteiger partial charge in [-0.05, 0) is 13.3 Å². The summed E-state index contributed by atoms with van der Waals surface area (Å²) >= 11 is 0. The van der Waals surface area contributed by atoms with Gasteiger partial charge in [-0.1, -0.05) is 51.5 Å². The molecule has 0 saturated carbocycles. The molecule has 0 unspecified atom stereocenters. The molecular weight excluding hydrogens is 380 g/mol. The monoisotopic (exact) mass is 406 g/mol. The van der Waals surface area contributed by atoms with Crippen molar-refractivity contribution in [3.05, 3.63) is 50.1 Å². The Morgan fingerprint density at radius 1 is 1.00 bits per heavy atom. The zero-order chi connectivity index (χ0) is 21.8. The van der Waals surface area contributed by atoms with Crippen molar-refractivity contribution in [2.45, 2.75) is 65.2 Å². The number of nitro groups is 2. The van der Waals surface area contributed by atoms with Crippen molar-refractivity contribution in [2.75, 3.05) is 0 Å². The van der Waals surface area contributed by atoms with Crippen molar-refractivity contribution >= 4 is 23.1 Å². The van der Waals surface area contributed by atoms with Crippen molar-refractivity contribution < 1.29 is 24.2 Å². The van der Waals surface area contributed by atoms with Crippen LogP contribution in [0.2, 0.25) is 0 Å². The van der Waals surface area contributed by atoms with Crippen molar-refractivity contribution in [2.24, 2.45) is 0 Å². The van der Waals surface area contributed by atoms with Crippen LogP contribution in [0.4, 0.5) is 11.4 Å². The molecule has 0 aliphatic heterocycles. The number of nitro benzene ring substituents is 2. The van der Waals surface area contributed by atoms with E-state index in [1.54, 1.807) is 6.92 Å². The molecule has 158 valence electrons. The molecule has 0 aromatic heterocycles. The van der Waals surface area contributed by atoms with E-state index in [1.165, 1.54) is 6.08 Å². The zero-order valence-corrected chi connectivity index (χ0v) is 16.7. The predicted octanol–water partition coefficient (Wildman–Crippen LogP) is 5.31. The molecule has 0 aliphatic carbocycles. The van der Waals surface area contributed by atoms with E-state index in [0.717, 1.165) is 50.7 Å². The summed E-state index contributed by atoms with van der Waals surface area (Å²) in [5, 5.41) is 22.5. The van der Waals surface area contributed by atoms with Crippen molar-refractivity contribution in [3.63, 3.8) is 0 Å². The number of ether oxygens (including phenoxy) is 1. The Hall–Kier alpha value is -3.10. The number of carbonyl (C=O) groups excluding carboxylic acids is 2. The maximum atomic E-state index is 12.6. The Kier molecular flexibility index (Phi) is 10.2. The second kappa shape index (κ2) is 12.4. The molecule has 9 nitrogen and oxygen atoms in total. The molecule has 0 aliphatic rings. The lowest BCUT2D eigenvalue weighted by molar-refractivity contribution is -0.394. The van der Waals surface area contributed by atoms with Crippen molar-refractivity contribution in [1.82, 2.24) is 0 Å². The van der Waals surface area contributed by atoms with E-state index in [9.17, 15) is 29.8 Å². The van der Waals surface area contributed by atoms with Gasteiger partial charge >= 0.3 is 11.7 Å². The van der Waals surface area contributed by atoms with Crippen LogP contribution in [-0.4, -0.2) is 21.6 Å². The minimum atomic E-state index is -0.908. The van der Waals surface area contributed by atoms with Gasteiger partial charge in [0.15, 0.2) is 5.78 Å². The van der Waals surface area contributed by atoms with Crippen LogP contribution in [0.25, 0.3) is 0 Å². The molecule has 0 atom stereocenters. The lowest BCUT2D eigenvalue weighted by atomic mass is 10.0. The number of hydrogen-bond donors (Lipinski definition) is 0. The molecule has 1 aromatic rings. The highest BCUT2D eigenvalue weighted by Gasteiger charge is 2.29. The first kappa shape index (κ1) is 23.9. The van der Waals surface area contributed by atoms with Crippen LogP contribution >= 0.6 is 0 Å². The van der Waals surface area contributed by atoms with Gasteiger partial charge in [0.05, 0.1) is 21.5 Å². The summed E-state index contributed by atoms with van der Waals surface area (Å²) in [5.41, 5.74) is -1.72. The SMILES string of the molecule is CC=CC(=O)Oc1c(C(=O)CCCCCCCCC)cc([N+](=O)[O-])cc1[N+](=O)[O-]. The molecule has 9 heteroatoms.